The van der Waals surface area contributed by atoms with Gasteiger partial charge in [0.2, 0.25) is 0 Å². The highest BCUT2D eigenvalue weighted by Crippen LogP contribution is 2.33. The molecule has 7 heteroatoms. The number of fused-ring (bicyclic) bond motifs is 1. The monoisotopic (exact) mass is 442 g/mol. The number of amides is 1. The van der Waals surface area contributed by atoms with E-state index in [0.29, 0.717) is 22.5 Å². The van der Waals surface area contributed by atoms with Crippen molar-refractivity contribution in [2.24, 2.45) is 0 Å². The first-order valence-electron chi connectivity index (χ1n) is 10.2. The predicted molar refractivity (Wildman–Crippen MR) is 124 cm³/mol. The Kier molecular flexibility index (Phi) is 6.61. The lowest BCUT2D eigenvalue weighted by Crippen LogP contribution is -2.37. The highest BCUT2D eigenvalue weighted by Gasteiger charge is 2.27. The molecule has 0 spiro atoms. The molecule has 30 heavy (non-hydrogen) atoms. The number of rotatable bonds is 7. The molecule has 1 aliphatic heterocycles. The number of aromatic nitrogens is 1. The third-order valence-electron chi connectivity index (χ3n) is 4.94. The zero-order valence-electron chi connectivity index (χ0n) is 17.5. The van der Waals surface area contributed by atoms with E-state index in [4.69, 9.17) is 14.5 Å². The molecule has 1 aliphatic rings. The number of thioether (sulfide) groups is 1. The van der Waals surface area contributed by atoms with Gasteiger partial charge in [0, 0.05) is 22.3 Å². The molecule has 2 aromatic carbocycles. The van der Waals surface area contributed by atoms with E-state index in [-0.39, 0.29) is 12.0 Å². The van der Waals surface area contributed by atoms with Gasteiger partial charge < -0.3 is 9.47 Å². The smallest absolute Gasteiger partial charge is 0.260 e. The summed E-state index contributed by atoms with van der Waals surface area (Å²) in [6.45, 7) is 5.59. The number of benzene rings is 2. The molecular formula is C23H26N2O3S2. The Morgan fingerprint density at radius 3 is 2.77 bits per heavy atom. The number of carbonyl (C=O) groups excluding carboxylic acids is 1. The SMILES string of the molecule is COc1ccc2nc(N(CC3CCCO3)C(=O)c3ccc(SC(C)C)cc3)sc2c1. The second kappa shape index (κ2) is 9.37. The molecule has 0 radical (unpaired) electrons. The molecule has 1 aromatic heterocycles. The van der Waals surface area contributed by atoms with Crippen molar-refractivity contribution >= 4 is 44.4 Å². The molecule has 1 saturated heterocycles. The molecule has 1 unspecified atom stereocenters. The predicted octanol–water partition coefficient (Wildman–Crippen LogP) is 5.63. The molecule has 158 valence electrons. The first-order valence-corrected chi connectivity index (χ1v) is 11.9. The number of hydrogen-bond donors (Lipinski definition) is 0. The number of carbonyl (C=O) groups is 1. The fourth-order valence-electron chi connectivity index (χ4n) is 3.48. The Hall–Kier alpha value is -2.09. The molecule has 0 bridgehead atoms. The summed E-state index contributed by atoms with van der Waals surface area (Å²) < 4.78 is 12.2. The van der Waals surface area contributed by atoms with Crippen molar-refractivity contribution in [3.63, 3.8) is 0 Å². The quantitative estimate of drug-likeness (QED) is 0.444. The van der Waals surface area contributed by atoms with Gasteiger partial charge in [0.15, 0.2) is 5.13 Å². The van der Waals surface area contributed by atoms with E-state index in [2.05, 4.69) is 13.8 Å². The van der Waals surface area contributed by atoms with E-state index in [1.165, 1.54) is 16.2 Å². The summed E-state index contributed by atoms with van der Waals surface area (Å²) >= 11 is 3.30. The number of nitrogens with zero attached hydrogens (tertiary/aromatic N) is 2. The highest BCUT2D eigenvalue weighted by atomic mass is 32.2. The Balaban J connectivity index is 1.64. The first-order chi connectivity index (χ1) is 14.5. The van der Waals surface area contributed by atoms with Crippen molar-refractivity contribution in [1.82, 2.24) is 4.98 Å². The largest absolute Gasteiger partial charge is 0.497 e. The summed E-state index contributed by atoms with van der Waals surface area (Å²) in [5.74, 6) is 0.741. The average Bonchev–Trinajstić information content (AvgIpc) is 3.40. The molecule has 1 fully saturated rings. The second-order valence-corrected chi connectivity index (χ2v) is 10.2. The maximum Gasteiger partial charge on any atom is 0.260 e. The van der Waals surface area contributed by atoms with Crippen LogP contribution in [0, 0.1) is 0 Å². The van der Waals surface area contributed by atoms with E-state index >= 15 is 0 Å². The van der Waals surface area contributed by atoms with Gasteiger partial charge in [-0.1, -0.05) is 25.2 Å². The van der Waals surface area contributed by atoms with Gasteiger partial charge >= 0.3 is 0 Å². The molecule has 5 nitrogen and oxygen atoms in total. The Labute approximate surface area is 185 Å². The van der Waals surface area contributed by atoms with Gasteiger partial charge in [0.05, 0.1) is 30.0 Å². The second-order valence-electron chi connectivity index (χ2n) is 7.57. The minimum absolute atomic E-state index is 0.0439. The summed E-state index contributed by atoms with van der Waals surface area (Å²) in [6, 6.07) is 13.6. The summed E-state index contributed by atoms with van der Waals surface area (Å²) in [5, 5.41) is 1.20. The van der Waals surface area contributed by atoms with E-state index in [0.717, 1.165) is 35.4 Å². The van der Waals surface area contributed by atoms with E-state index in [1.807, 2.05) is 42.5 Å². The van der Waals surface area contributed by atoms with Crippen molar-refractivity contribution in [1.29, 1.82) is 0 Å². The molecule has 3 aromatic rings. The Morgan fingerprint density at radius 1 is 1.30 bits per heavy atom. The summed E-state index contributed by atoms with van der Waals surface area (Å²) in [7, 11) is 1.65. The summed E-state index contributed by atoms with van der Waals surface area (Å²) in [6.07, 6.45) is 2.04. The van der Waals surface area contributed by atoms with E-state index in [9.17, 15) is 4.79 Å². The minimum Gasteiger partial charge on any atom is -0.497 e. The van der Waals surface area contributed by atoms with E-state index in [1.54, 1.807) is 23.8 Å². The van der Waals surface area contributed by atoms with Crippen LogP contribution < -0.4 is 9.64 Å². The van der Waals surface area contributed by atoms with Gasteiger partial charge in [0.1, 0.15) is 5.75 Å². The topological polar surface area (TPSA) is 51.7 Å². The fourth-order valence-corrected chi connectivity index (χ4v) is 5.32. The van der Waals surface area contributed by atoms with E-state index < -0.39 is 0 Å². The minimum atomic E-state index is -0.0439. The van der Waals surface area contributed by atoms with Gasteiger partial charge in [0.25, 0.3) is 5.91 Å². The lowest BCUT2D eigenvalue weighted by atomic mass is 10.2. The average molecular weight is 443 g/mol. The van der Waals surface area contributed by atoms with Gasteiger partial charge in [-0.3, -0.25) is 9.69 Å². The molecule has 1 amide bonds. The van der Waals surface area contributed by atoms with Crippen LogP contribution in [0.1, 0.15) is 37.0 Å². The number of thiazole rings is 1. The zero-order chi connectivity index (χ0) is 21.1. The van der Waals surface area contributed by atoms with Crippen molar-refractivity contribution in [2.45, 2.75) is 42.9 Å². The van der Waals surface area contributed by atoms with Crippen LogP contribution in [-0.2, 0) is 4.74 Å². The summed E-state index contributed by atoms with van der Waals surface area (Å²) in [4.78, 5) is 21.2. The lowest BCUT2D eigenvalue weighted by Gasteiger charge is -2.23. The molecule has 0 saturated carbocycles. The van der Waals surface area contributed by atoms with Crippen LogP contribution in [0.15, 0.2) is 47.4 Å². The maximum absolute atomic E-state index is 13.5. The lowest BCUT2D eigenvalue weighted by molar-refractivity contribution is 0.0917. The van der Waals surface area contributed by atoms with Crippen LogP contribution in [-0.4, -0.2) is 42.5 Å². The molecule has 4 rings (SSSR count). The van der Waals surface area contributed by atoms with Crippen LogP contribution in [0.5, 0.6) is 5.75 Å². The van der Waals surface area contributed by atoms with Crippen LogP contribution in [0.2, 0.25) is 0 Å². The zero-order valence-corrected chi connectivity index (χ0v) is 19.1. The van der Waals surface area contributed by atoms with Crippen LogP contribution in [0.4, 0.5) is 5.13 Å². The third-order valence-corrected chi connectivity index (χ3v) is 7.00. The van der Waals surface area contributed by atoms with Crippen molar-refractivity contribution < 1.29 is 14.3 Å². The van der Waals surface area contributed by atoms with Crippen molar-refractivity contribution in [3.05, 3.63) is 48.0 Å². The van der Waals surface area contributed by atoms with Gasteiger partial charge in [-0.15, -0.1) is 11.8 Å². The standard InChI is InChI=1S/C23H26N2O3S2/c1-15(2)29-19-9-6-16(7-10-19)22(26)25(14-18-5-4-12-28-18)23-24-20-11-8-17(27-3)13-21(20)30-23/h6-11,13,15,18H,4-5,12,14H2,1-3H3. The number of methoxy groups -OCH3 is 1. The number of anilines is 1. The van der Waals surface area contributed by atoms with Gasteiger partial charge in [-0.25, -0.2) is 4.98 Å². The third kappa shape index (κ3) is 4.79. The van der Waals surface area contributed by atoms with Crippen LogP contribution in [0.3, 0.4) is 0 Å². The van der Waals surface area contributed by atoms with Crippen LogP contribution in [0.25, 0.3) is 10.2 Å². The van der Waals surface area contributed by atoms with Gasteiger partial charge in [-0.2, -0.15) is 0 Å². The van der Waals surface area contributed by atoms with Crippen molar-refractivity contribution in [3.8, 4) is 5.75 Å². The maximum atomic E-state index is 13.5. The molecule has 2 heterocycles. The fraction of sp³-hybridized carbons (Fsp3) is 0.391. The molecule has 0 N–H and O–H groups in total. The summed E-state index contributed by atoms with van der Waals surface area (Å²) in [5.41, 5.74) is 1.53. The number of hydrogen-bond acceptors (Lipinski definition) is 6. The normalized spacial score (nSPS) is 16.3. The Bertz CT molecular complexity index is 1010. The van der Waals surface area contributed by atoms with Crippen LogP contribution >= 0.6 is 23.1 Å². The molecular weight excluding hydrogens is 416 g/mol. The number of ether oxygens (including phenoxy) is 2. The van der Waals surface area contributed by atoms with Crippen molar-refractivity contribution in [2.75, 3.05) is 25.2 Å². The Morgan fingerprint density at radius 2 is 2.10 bits per heavy atom. The molecule has 1 atom stereocenters. The molecule has 0 aliphatic carbocycles. The highest BCUT2D eigenvalue weighted by molar-refractivity contribution is 7.99. The van der Waals surface area contributed by atoms with Gasteiger partial charge in [-0.05, 0) is 55.3 Å². The first kappa shape index (κ1) is 21.2.